The Morgan fingerprint density at radius 2 is 1.74 bits per heavy atom. The summed E-state index contributed by atoms with van der Waals surface area (Å²) >= 11 is 0. The van der Waals surface area contributed by atoms with E-state index in [1.807, 2.05) is 65.2 Å². The van der Waals surface area contributed by atoms with E-state index in [-0.39, 0.29) is 35.1 Å². The summed E-state index contributed by atoms with van der Waals surface area (Å²) < 4.78 is 14.3. The molecular weight excluding hydrogens is 430 g/mol. The molecular formula is C26H27N5O3. The summed E-state index contributed by atoms with van der Waals surface area (Å²) in [6.07, 6.45) is 2.19. The number of benzene rings is 2. The quantitative estimate of drug-likeness (QED) is 0.391. The van der Waals surface area contributed by atoms with Gasteiger partial charge in [-0.15, -0.1) is 0 Å². The zero-order valence-electron chi connectivity index (χ0n) is 18.8. The third-order valence-electron chi connectivity index (χ3n) is 6.31. The van der Waals surface area contributed by atoms with Gasteiger partial charge in [0.1, 0.15) is 0 Å². The zero-order valence-corrected chi connectivity index (χ0v) is 18.8. The van der Waals surface area contributed by atoms with Crippen molar-refractivity contribution in [1.29, 1.82) is 0 Å². The fourth-order valence-corrected chi connectivity index (χ4v) is 4.54. The maximum Gasteiger partial charge on any atom is 0.280 e. The van der Waals surface area contributed by atoms with E-state index in [0.717, 1.165) is 16.7 Å². The maximum atomic E-state index is 12.3. The van der Waals surface area contributed by atoms with Crippen LogP contribution >= 0.6 is 0 Å². The number of hydrogen-bond acceptors (Lipinski definition) is 6. The highest BCUT2D eigenvalue weighted by atomic mass is 16.5. The molecule has 5 rings (SSSR count). The number of hydrogen-bond donors (Lipinski definition) is 2. The van der Waals surface area contributed by atoms with Crippen LogP contribution in [0.25, 0.3) is 11.2 Å². The van der Waals surface area contributed by atoms with Crippen molar-refractivity contribution in [1.82, 2.24) is 19.5 Å². The van der Waals surface area contributed by atoms with Crippen molar-refractivity contribution < 1.29 is 9.47 Å². The van der Waals surface area contributed by atoms with Crippen molar-refractivity contribution in [3.63, 3.8) is 0 Å². The molecule has 0 spiro atoms. The van der Waals surface area contributed by atoms with Crippen LogP contribution in [0.3, 0.4) is 0 Å². The zero-order chi connectivity index (χ0) is 23.5. The van der Waals surface area contributed by atoms with Gasteiger partial charge in [0.2, 0.25) is 5.95 Å². The number of fused-ring (bicyclic) bond motifs is 1. The number of imidazole rings is 1. The van der Waals surface area contributed by atoms with E-state index >= 15 is 0 Å². The Bertz CT molecular complexity index is 1330. The summed E-state index contributed by atoms with van der Waals surface area (Å²) in [5, 5.41) is 0. The Morgan fingerprint density at radius 3 is 2.44 bits per heavy atom. The molecule has 1 fully saturated rings. The van der Waals surface area contributed by atoms with Crippen molar-refractivity contribution in [2.45, 2.75) is 31.8 Å². The molecule has 4 aromatic rings. The van der Waals surface area contributed by atoms with Crippen LogP contribution in [-0.4, -0.2) is 32.2 Å². The molecule has 0 bridgehead atoms. The summed E-state index contributed by atoms with van der Waals surface area (Å²) in [5.74, 6) is 0.0386. The number of aromatic nitrogens is 4. The Hall–Kier alpha value is -3.75. The Kier molecular flexibility index (Phi) is 6.24. The summed E-state index contributed by atoms with van der Waals surface area (Å²) in [5.41, 5.74) is 9.33. The molecule has 174 valence electrons. The first kappa shape index (κ1) is 22.1. The van der Waals surface area contributed by atoms with Crippen LogP contribution in [-0.2, 0) is 22.7 Å². The topological polar surface area (TPSA) is 108 Å². The van der Waals surface area contributed by atoms with Crippen molar-refractivity contribution in [2.24, 2.45) is 5.92 Å². The third kappa shape index (κ3) is 4.50. The molecule has 1 aliphatic carbocycles. The normalized spacial score (nSPS) is 20.2. The molecule has 2 aromatic heterocycles. The monoisotopic (exact) mass is 457 g/mol. The predicted octanol–water partition coefficient (Wildman–Crippen LogP) is 3.62. The van der Waals surface area contributed by atoms with Gasteiger partial charge in [0, 0.05) is 5.92 Å². The van der Waals surface area contributed by atoms with Gasteiger partial charge in [-0.2, -0.15) is 4.98 Å². The SMILES string of the molecule is C=C1C(COCc2ccccc2)[C@@H](OCc2ccccc2)CC1n1cnc2c(=O)[nH]c(N)nc21. The Morgan fingerprint density at radius 1 is 1.06 bits per heavy atom. The second-order valence-electron chi connectivity index (χ2n) is 8.54. The number of ether oxygens (including phenoxy) is 2. The molecule has 2 aromatic carbocycles. The Labute approximate surface area is 197 Å². The molecule has 2 heterocycles. The van der Waals surface area contributed by atoms with Crippen LogP contribution in [0.2, 0.25) is 0 Å². The first-order valence-corrected chi connectivity index (χ1v) is 11.3. The average Bonchev–Trinajstić information content (AvgIpc) is 3.40. The van der Waals surface area contributed by atoms with Crippen molar-refractivity contribution >= 4 is 17.1 Å². The van der Waals surface area contributed by atoms with E-state index in [1.165, 1.54) is 0 Å². The van der Waals surface area contributed by atoms with Crippen LogP contribution < -0.4 is 11.3 Å². The molecule has 8 nitrogen and oxygen atoms in total. The second kappa shape index (κ2) is 9.62. The molecule has 1 saturated carbocycles. The molecule has 3 N–H and O–H groups in total. The van der Waals surface area contributed by atoms with Gasteiger partial charge >= 0.3 is 0 Å². The number of nitrogens with zero attached hydrogens (tertiary/aromatic N) is 3. The van der Waals surface area contributed by atoms with Crippen molar-refractivity contribution in [3.8, 4) is 0 Å². The highest BCUT2D eigenvalue weighted by molar-refractivity contribution is 5.71. The fraction of sp³-hybridized carbons (Fsp3) is 0.269. The van der Waals surface area contributed by atoms with Gasteiger partial charge in [0.25, 0.3) is 5.56 Å². The van der Waals surface area contributed by atoms with Gasteiger partial charge < -0.3 is 19.8 Å². The highest BCUT2D eigenvalue weighted by Crippen LogP contribution is 2.42. The molecule has 34 heavy (non-hydrogen) atoms. The van der Waals surface area contributed by atoms with Crippen LogP contribution in [0.5, 0.6) is 0 Å². The maximum absolute atomic E-state index is 12.3. The van der Waals surface area contributed by atoms with E-state index in [0.29, 0.717) is 31.9 Å². The van der Waals surface area contributed by atoms with E-state index in [1.54, 1.807) is 6.33 Å². The molecule has 0 amide bonds. The summed E-state index contributed by atoms with van der Waals surface area (Å²) in [6, 6.07) is 20.0. The lowest BCUT2D eigenvalue weighted by Crippen LogP contribution is -2.23. The highest BCUT2D eigenvalue weighted by Gasteiger charge is 2.40. The molecule has 8 heteroatoms. The minimum Gasteiger partial charge on any atom is -0.376 e. The van der Waals surface area contributed by atoms with E-state index < -0.39 is 0 Å². The summed E-state index contributed by atoms with van der Waals surface area (Å²) in [6.45, 7) is 5.89. The van der Waals surface area contributed by atoms with Gasteiger partial charge in [0.05, 0.1) is 38.3 Å². The smallest absolute Gasteiger partial charge is 0.280 e. The van der Waals surface area contributed by atoms with Gasteiger partial charge in [-0.1, -0.05) is 67.2 Å². The van der Waals surface area contributed by atoms with E-state index in [2.05, 4.69) is 21.5 Å². The lowest BCUT2D eigenvalue weighted by molar-refractivity contribution is -0.0122. The number of aromatic amines is 1. The van der Waals surface area contributed by atoms with Crippen LogP contribution in [0, 0.1) is 5.92 Å². The van der Waals surface area contributed by atoms with Gasteiger partial charge in [-0.3, -0.25) is 9.78 Å². The molecule has 1 aliphatic rings. The first-order chi connectivity index (χ1) is 16.6. The minimum atomic E-state index is -0.357. The lowest BCUT2D eigenvalue weighted by atomic mass is 10.0. The molecule has 0 radical (unpaired) electrons. The number of anilines is 1. The number of nitrogens with one attached hydrogen (secondary N) is 1. The average molecular weight is 458 g/mol. The Balaban J connectivity index is 1.38. The fourth-order valence-electron chi connectivity index (χ4n) is 4.54. The first-order valence-electron chi connectivity index (χ1n) is 11.3. The molecule has 3 atom stereocenters. The summed E-state index contributed by atoms with van der Waals surface area (Å²) in [7, 11) is 0. The van der Waals surface area contributed by atoms with Gasteiger partial charge in [-0.25, -0.2) is 4.98 Å². The number of H-pyrrole nitrogens is 1. The van der Waals surface area contributed by atoms with E-state index in [4.69, 9.17) is 15.2 Å². The van der Waals surface area contributed by atoms with Crippen LogP contribution in [0.15, 0.2) is 83.9 Å². The van der Waals surface area contributed by atoms with Crippen molar-refractivity contribution in [3.05, 3.63) is 101 Å². The predicted molar refractivity (Wildman–Crippen MR) is 130 cm³/mol. The van der Waals surface area contributed by atoms with Crippen LogP contribution in [0.1, 0.15) is 23.6 Å². The number of nitrogens with two attached hydrogens (primary N) is 1. The number of nitrogen functional groups attached to an aromatic ring is 1. The summed E-state index contributed by atoms with van der Waals surface area (Å²) in [4.78, 5) is 23.4. The van der Waals surface area contributed by atoms with Crippen molar-refractivity contribution in [2.75, 3.05) is 12.3 Å². The standard InChI is InChI=1S/C26H27N5O3/c1-17-20(15-33-13-18-8-4-2-5-9-18)22(34-14-19-10-6-3-7-11-19)12-21(17)31-16-28-23-24(31)29-26(27)30-25(23)32/h2-11,16,20-22H,1,12-15H2,(H3,27,29,30,32)/t20?,21?,22-/m0/s1. The molecule has 0 aliphatic heterocycles. The molecule has 0 saturated heterocycles. The second-order valence-corrected chi connectivity index (χ2v) is 8.54. The van der Waals surface area contributed by atoms with Gasteiger partial charge in [0.15, 0.2) is 11.2 Å². The van der Waals surface area contributed by atoms with E-state index in [9.17, 15) is 4.79 Å². The molecule has 2 unspecified atom stereocenters. The lowest BCUT2D eigenvalue weighted by Gasteiger charge is -2.21. The minimum absolute atomic E-state index is 0.0192. The number of rotatable bonds is 8. The third-order valence-corrected chi connectivity index (χ3v) is 6.31. The largest absolute Gasteiger partial charge is 0.376 e. The van der Waals surface area contributed by atoms with Gasteiger partial charge in [-0.05, 0) is 23.1 Å². The van der Waals surface area contributed by atoms with Crippen LogP contribution in [0.4, 0.5) is 5.95 Å².